The van der Waals surface area contributed by atoms with Crippen LogP contribution in [0.3, 0.4) is 0 Å². The highest BCUT2D eigenvalue weighted by Crippen LogP contribution is 2.28. The summed E-state index contributed by atoms with van der Waals surface area (Å²) in [5.41, 5.74) is 1.69. The molecule has 2 amide bonds. The predicted molar refractivity (Wildman–Crippen MR) is 107 cm³/mol. The first kappa shape index (κ1) is 21.5. The van der Waals surface area contributed by atoms with Crippen molar-refractivity contribution in [3.8, 4) is 11.5 Å². The van der Waals surface area contributed by atoms with Gasteiger partial charge in [-0.3, -0.25) is 14.4 Å². The molecule has 2 rings (SSSR count). The third kappa shape index (κ3) is 6.12. The summed E-state index contributed by atoms with van der Waals surface area (Å²) in [7, 11) is 1.51. The van der Waals surface area contributed by atoms with Crippen molar-refractivity contribution in [1.29, 1.82) is 0 Å². The van der Waals surface area contributed by atoms with Gasteiger partial charge in [-0.05, 0) is 31.5 Å². The summed E-state index contributed by atoms with van der Waals surface area (Å²) in [6, 6.07) is 5.25. The highest BCUT2D eigenvalue weighted by Gasteiger charge is 2.10. The molecule has 0 radical (unpaired) electrons. The fourth-order valence-electron chi connectivity index (χ4n) is 2.51. The van der Waals surface area contributed by atoms with Gasteiger partial charge in [0.15, 0.2) is 18.1 Å². The lowest BCUT2D eigenvalue weighted by molar-refractivity contribution is -0.123. The molecule has 0 fully saturated rings. The maximum Gasteiger partial charge on any atom is 0.307 e. The van der Waals surface area contributed by atoms with E-state index in [0.29, 0.717) is 31.1 Å². The van der Waals surface area contributed by atoms with Gasteiger partial charge in [0.25, 0.3) is 5.91 Å². The molecule has 1 heterocycles. The Bertz CT molecular complexity index is 875. The van der Waals surface area contributed by atoms with Crippen LogP contribution in [0.5, 0.6) is 11.5 Å². The topological polar surface area (TPSA) is 98.7 Å². The number of rotatable bonds is 10. The highest BCUT2D eigenvalue weighted by atomic mass is 32.1. The second kappa shape index (κ2) is 10.5. The van der Waals surface area contributed by atoms with E-state index in [1.165, 1.54) is 7.11 Å². The maximum atomic E-state index is 12.1. The first-order chi connectivity index (χ1) is 13.4. The first-order valence-corrected chi connectivity index (χ1v) is 9.80. The number of hydrogen-bond acceptors (Lipinski definition) is 6. The van der Waals surface area contributed by atoms with Crippen LogP contribution in [0.2, 0.25) is 0 Å². The van der Waals surface area contributed by atoms with Gasteiger partial charge in [0.05, 0.1) is 7.11 Å². The number of ether oxygens (including phenoxy) is 2. The van der Waals surface area contributed by atoms with E-state index >= 15 is 0 Å². The number of benzene rings is 1. The van der Waals surface area contributed by atoms with Crippen LogP contribution in [0.1, 0.15) is 24.6 Å². The number of hydrogen-bond donors (Lipinski definition) is 2. The zero-order valence-electron chi connectivity index (χ0n) is 16.2. The molecule has 2 N–H and O–H groups in total. The summed E-state index contributed by atoms with van der Waals surface area (Å²) in [5.74, 6) is 0.585. The minimum atomic E-state index is -0.208. The molecule has 0 aliphatic heterocycles. The molecular formula is C19H25N3O5S. The van der Waals surface area contributed by atoms with Crippen LogP contribution in [-0.2, 0) is 22.7 Å². The standard InChI is InChI=1S/C19H25N3O5S/c1-4-20-18(24)11-27-15-6-5-14(9-16(15)26-3)10-21-17(23)7-8-22-13(2)12-28-19(22)25/h5-6,9,12H,4,7-8,10-11H2,1-3H3,(H,20,24)(H,21,23). The van der Waals surface area contributed by atoms with Crippen LogP contribution >= 0.6 is 11.3 Å². The Morgan fingerprint density at radius 2 is 1.96 bits per heavy atom. The Morgan fingerprint density at radius 1 is 1.18 bits per heavy atom. The molecule has 152 valence electrons. The summed E-state index contributed by atoms with van der Waals surface area (Å²) < 4.78 is 12.4. The molecule has 0 atom stereocenters. The quantitative estimate of drug-likeness (QED) is 0.621. The van der Waals surface area contributed by atoms with E-state index in [1.807, 2.05) is 13.8 Å². The molecule has 0 unspecified atom stereocenters. The minimum absolute atomic E-state index is 0.0572. The second-order valence-electron chi connectivity index (χ2n) is 6.05. The second-order valence-corrected chi connectivity index (χ2v) is 6.87. The summed E-state index contributed by atoms with van der Waals surface area (Å²) in [6.07, 6.45) is 0.225. The van der Waals surface area contributed by atoms with Crippen molar-refractivity contribution in [2.24, 2.45) is 0 Å². The van der Waals surface area contributed by atoms with Gasteiger partial charge >= 0.3 is 4.87 Å². The molecule has 0 aliphatic rings. The molecule has 8 nitrogen and oxygen atoms in total. The summed E-state index contributed by atoms with van der Waals surface area (Å²) in [6.45, 7) is 4.80. The number of likely N-dealkylation sites (N-methyl/N-ethyl adjacent to an activating group) is 1. The minimum Gasteiger partial charge on any atom is -0.493 e. The number of thiazole rings is 1. The van der Waals surface area contributed by atoms with Crippen LogP contribution in [0.15, 0.2) is 28.4 Å². The van der Waals surface area contributed by atoms with E-state index < -0.39 is 0 Å². The van der Waals surface area contributed by atoms with Crippen LogP contribution < -0.4 is 25.0 Å². The van der Waals surface area contributed by atoms with Crippen molar-refractivity contribution < 1.29 is 19.1 Å². The van der Waals surface area contributed by atoms with Crippen LogP contribution in [0, 0.1) is 6.92 Å². The van der Waals surface area contributed by atoms with Gasteiger partial charge in [0.2, 0.25) is 5.91 Å². The van der Waals surface area contributed by atoms with Crippen LogP contribution in [0.4, 0.5) is 0 Å². The lowest BCUT2D eigenvalue weighted by Crippen LogP contribution is -2.28. The van der Waals surface area contributed by atoms with E-state index in [1.54, 1.807) is 28.1 Å². The van der Waals surface area contributed by atoms with Crippen LogP contribution in [0.25, 0.3) is 0 Å². The van der Waals surface area contributed by atoms with Crippen LogP contribution in [-0.4, -0.2) is 36.6 Å². The molecule has 28 heavy (non-hydrogen) atoms. The average molecular weight is 407 g/mol. The normalized spacial score (nSPS) is 10.4. The van der Waals surface area contributed by atoms with Gasteiger partial charge in [0, 0.05) is 37.1 Å². The van der Waals surface area contributed by atoms with Crippen molar-refractivity contribution in [1.82, 2.24) is 15.2 Å². The SMILES string of the molecule is CCNC(=O)COc1ccc(CNC(=O)CCn2c(C)csc2=O)cc1OC. The number of aryl methyl sites for hydroxylation is 1. The third-order valence-corrected chi connectivity index (χ3v) is 4.87. The lowest BCUT2D eigenvalue weighted by atomic mass is 10.2. The smallest absolute Gasteiger partial charge is 0.307 e. The number of aromatic nitrogens is 1. The molecule has 0 aliphatic carbocycles. The van der Waals surface area contributed by atoms with Crippen molar-refractivity contribution in [2.45, 2.75) is 33.4 Å². The molecule has 9 heteroatoms. The van der Waals surface area contributed by atoms with Gasteiger partial charge in [0.1, 0.15) is 0 Å². The van der Waals surface area contributed by atoms with Crippen molar-refractivity contribution >= 4 is 23.2 Å². The molecule has 0 saturated carbocycles. The van der Waals surface area contributed by atoms with Gasteiger partial charge in [-0.2, -0.15) is 0 Å². The number of methoxy groups -OCH3 is 1. The monoisotopic (exact) mass is 407 g/mol. The number of nitrogens with zero attached hydrogens (tertiary/aromatic N) is 1. The molecule has 0 saturated heterocycles. The van der Waals surface area contributed by atoms with Gasteiger partial charge in [-0.25, -0.2) is 0 Å². The lowest BCUT2D eigenvalue weighted by Gasteiger charge is -2.12. The third-order valence-electron chi connectivity index (χ3n) is 3.99. The Hall–Kier alpha value is -2.81. The number of carbonyl (C=O) groups is 2. The summed E-state index contributed by atoms with van der Waals surface area (Å²) in [5, 5.41) is 7.26. The van der Waals surface area contributed by atoms with Gasteiger partial charge in [-0.15, -0.1) is 0 Å². The van der Waals surface area contributed by atoms with Crippen molar-refractivity contribution in [2.75, 3.05) is 20.3 Å². The largest absolute Gasteiger partial charge is 0.493 e. The van der Waals surface area contributed by atoms with E-state index in [2.05, 4.69) is 10.6 Å². The number of nitrogens with one attached hydrogen (secondary N) is 2. The Balaban J connectivity index is 1.87. The Kier molecular flexibility index (Phi) is 8.06. The van der Waals surface area contributed by atoms with E-state index in [9.17, 15) is 14.4 Å². The summed E-state index contributed by atoms with van der Waals surface area (Å²) >= 11 is 1.13. The first-order valence-electron chi connectivity index (χ1n) is 8.92. The molecule has 2 aromatic rings. The molecule has 1 aromatic carbocycles. The number of carbonyl (C=O) groups excluding carboxylic acids is 2. The van der Waals surface area contributed by atoms with E-state index in [4.69, 9.17) is 9.47 Å². The molecule has 1 aromatic heterocycles. The van der Waals surface area contributed by atoms with E-state index in [-0.39, 0.29) is 29.7 Å². The van der Waals surface area contributed by atoms with Gasteiger partial charge < -0.3 is 24.7 Å². The zero-order chi connectivity index (χ0) is 20.5. The average Bonchev–Trinajstić information content (AvgIpc) is 3.01. The Morgan fingerprint density at radius 3 is 2.61 bits per heavy atom. The summed E-state index contributed by atoms with van der Waals surface area (Å²) in [4.78, 5) is 35.2. The predicted octanol–water partition coefficient (Wildman–Crippen LogP) is 1.45. The van der Waals surface area contributed by atoms with Gasteiger partial charge in [-0.1, -0.05) is 17.4 Å². The molecule has 0 bridgehead atoms. The highest BCUT2D eigenvalue weighted by molar-refractivity contribution is 7.07. The van der Waals surface area contributed by atoms with Crippen molar-refractivity contribution in [3.05, 3.63) is 44.5 Å². The van der Waals surface area contributed by atoms with Crippen molar-refractivity contribution in [3.63, 3.8) is 0 Å². The Labute approximate surface area is 167 Å². The van der Waals surface area contributed by atoms with E-state index in [0.717, 1.165) is 22.6 Å². The fraction of sp³-hybridized carbons (Fsp3) is 0.421. The number of amides is 2. The zero-order valence-corrected chi connectivity index (χ0v) is 17.1. The molecule has 0 spiro atoms. The maximum absolute atomic E-state index is 12.1. The fourth-order valence-corrected chi connectivity index (χ4v) is 3.27. The molecular weight excluding hydrogens is 382 g/mol.